The first-order chi connectivity index (χ1) is 9.24. The molecule has 0 aromatic heterocycles. The average Bonchev–Trinajstić information content (AvgIpc) is 2.45. The number of rotatable bonds is 5. The third kappa shape index (κ3) is 3.30. The van der Waals surface area contributed by atoms with Gasteiger partial charge in [0.2, 0.25) is 0 Å². The van der Waals surface area contributed by atoms with Crippen LogP contribution in [0, 0.1) is 10.1 Å². The maximum Gasteiger partial charge on any atom is 0.274 e. The maximum atomic E-state index is 11.2. The van der Waals surface area contributed by atoms with Gasteiger partial charge in [-0.1, -0.05) is 31.5 Å². The summed E-state index contributed by atoms with van der Waals surface area (Å²) in [5, 5.41) is 14.5. The van der Waals surface area contributed by atoms with Crippen molar-refractivity contribution in [2.45, 2.75) is 25.8 Å². The standard InChI is InChI=1S/C14H21N3O2/c1-2-5-13(16-10-8-15-9-11-16)12-6-3-4-7-14(12)17(18)19/h3-4,6-7,13,15H,2,5,8-11H2,1H3/t13-/m0/s1. The van der Waals surface area contributed by atoms with Gasteiger partial charge in [-0.05, 0) is 6.42 Å². The van der Waals surface area contributed by atoms with E-state index in [9.17, 15) is 10.1 Å². The number of para-hydroxylation sites is 1. The van der Waals surface area contributed by atoms with Crippen molar-refractivity contribution < 1.29 is 4.92 Å². The summed E-state index contributed by atoms with van der Waals surface area (Å²) in [6, 6.07) is 7.31. The number of hydrogen-bond acceptors (Lipinski definition) is 4. The summed E-state index contributed by atoms with van der Waals surface area (Å²) < 4.78 is 0. The molecule has 1 fully saturated rings. The summed E-state index contributed by atoms with van der Waals surface area (Å²) in [7, 11) is 0. The molecule has 19 heavy (non-hydrogen) atoms. The Kier molecular flexibility index (Phi) is 4.87. The molecule has 5 heteroatoms. The molecular formula is C14H21N3O2. The summed E-state index contributed by atoms with van der Waals surface area (Å²) in [5.74, 6) is 0. The Morgan fingerprint density at radius 3 is 2.68 bits per heavy atom. The van der Waals surface area contributed by atoms with Crippen molar-refractivity contribution in [3.63, 3.8) is 0 Å². The minimum absolute atomic E-state index is 0.161. The smallest absolute Gasteiger partial charge is 0.274 e. The molecule has 1 N–H and O–H groups in total. The van der Waals surface area contributed by atoms with Crippen molar-refractivity contribution in [2.24, 2.45) is 0 Å². The van der Waals surface area contributed by atoms with Gasteiger partial charge in [0.1, 0.15) is 0 Å². The quantitative estimate of drug-likeness (QED) is 0.654. The van der Waals surface area contributed by atoms with Gasteiger partial charge in [0, 0.05) is 43.9 Å². The molecule has 1 saturated heterocycles. The molecule has 0 bridgehead atoms. The number of benzene rings is 1. The lowest BCUT2D eigenvalue weighted by Crippen LogP contribution is -2.45. The Morgan fingerprint density at radius 2 is 2.05 bits per heavy atom. The van der Waals surface area contributed by atoms with Gasteiger partial charge in [-0.3, -0.25) is 15.0 Å². The third-order valence-corrected chi connectivity index (χ3v) is 3.65. The fourth-order valence-corrected chi connectivity index (χ4v) is 2.74. The van der Waals surface area contributed by atoms with Crippen LogP contribution < -0.4 is 5.32 Å². The summed E-state index contributed by atoms with van der Waals surface area (Å²) in [4.78, 5) is 13.3. The molecule has 0 radical (unpaired) electrons. The van der Waals surface area contributed by atoms with E-state index in [1.807, 2.05) is 12.1 Å². The van der Waals surface area contributed by atoms with Crippen molar-refractivity contribution in [2.75, 3.05) is 26.2 Å². The van der Waals surface area contributed by atoms with Gasteiger partial charge in [-0.2, -0.15) is 0 Å². The van der Waals surface area contributed by atoms with Crippen LogP contribution in [0.1, 0.15) is 31.4 Å². The van der Waals surface area contributed by atoms with Crippen LogP contribution in [0.2, 0.25) is 0 Å². The zero-order valence-corrected chi connectivity index (χ0v) is 11.3. The molecule has 1 aromatic carbocycles. The van der Waals surface area contributed by atoms with Gasteiger partial charge in [0.05, 0.1) is 4.92 Å². The summed E-state index contributed by atoms with van der Waals surface area (Å²) in [6.07, 6.45) is 1.99. The van der Waals surface area contributed by atoms with Gasteiger partial charge < -0.3 is 5.32 Å². The minimum atomic E-state index is -0.264. The van der Waals surface area contributed by atoms with Crippen LogP contribution >= 0.6 is 0 Å². The molecule has 5 nitrogen and oxygen atoms in total. The van der Waals surface area contributed by atoms with Gasteiger partial charge in [-0.15, -0.1) is 0 Å². The number of nitro benzene ring substituents is 1. The fraction of sp³-hybridized carbons (Fsp3) is 0.571. The molecule has 0 saturated carbocycles. The van der Waals surface area contributed by atoms with E-state index in [-0.39, 0.29) is 16.7 Å². The Hall–Kier alpha value is -1.46. The van der Waals surface area contributed by atoms with Crippen LogP contribution in [0.25, 0.3) is 0 Å². The Labute approximate surface area is 113 Å². The molecule has 1 heterocycles. The number of nitrogens with one attached hydrogen (secondary N) is 1. The van der Waals surface area contributed by atoms with Gasteiger partial charge in [0.15, 0.2) is 0 Å². The number of nitro groups is 1. The van der Waals surface area contributed by atoms with E-state index >= 15 is 0 Å². The van der Waals surface area contributed by atoms with E-state index in [4.69, 9.17) is 0 Å². The second kappa shape index (κ2) is 6.63. The average molecular weight is 263 g/mol. The Bertz CT molecular complexity index is 430. The van der Waals surface area contributed by atoms with E-state index in [0.717, 1.165) is 44.6 Å². The first kappa shape index (κ1) is 14.0. The highest BCUT2D eigenvalue weighted by molar-refractivity contribution is 5.42. The highest BCUT2D eigenvalue weighted by Gasteiger charge is 2.27. The zero-order chi connectivity index (χ0) is 13.7. The van der Waals surface area contributed by atoms with Crippen molar-refractivity contribution in [1.82, 2.24) is 10.2 Å². The van der Waals surface area contributed by atoms with Gasteiger partial charge in [0.25, 0.3) is 5.69 Å². The van der Waals surface area contributed by atoms with E-state index in [1.165, 1.54) is 0 Å². The summed E-state index contributed by atoms with van der Waals surface area (Å²) in [6.45, 7) is 5.96. The molecular weight excluding hydrogens is 242 g/mol. The van der Waals surface area contributed by atoms with Crippen LogP contribution in [-0.2, 0) is 0 Å². The van der Waals surface area contributed by atoms with Crippen LogP contribution in [0.5, 0.6) is 0 Å². The number of piperazine rings is 1. The topological polar surface area (TPSA) is 58.4 Å². The van der Waals surface area contributed by atoms with Crippen LogP contribution in [0.4, 0.5) is 5.69 Å². The lowest BCUT2D eigenvalue weighted by atomic mass is 9.98. The second-order valence-electron chi connectivity index (χ2n) is 4.91. The first-order valence-corrected chi connectivity index (χ1v) is 6.92. The Balaban J connectivity index is 2.29. The number of hydrogen-bond donors (Lipinski definition) is 1. The van der Waals surface area contributed by atoms with Crippen molar-refractivity contribution in [3.05, 3.63) is 39.9 Å². The first-order valence-electron chi connectivity index (χ1n) is 6.92. The van der Waals surface area contributed by atoms with Gasteiger partial charge >= 0.3 is 0 Å². The van der Waals surface area contributed by atoms with Crippen molar-refractivity contribution in [1.29, 1.82) is 0 Å². The molecule has 0 unspecified atom stereocenters. The Morgan fingerprint density at radius 1 is 1.37 bits per heavy atom. The van der Waals surface area contributed by atoms with E-state index < -0.39 is 0 Å². The van der Waals surface area contributed by atoms with Crippen molar-refractivity contribution >= 4 is 5.69 Å². The van der Waals surface area contributed by atoms with E-state index in [2.05, 4.69) is 17.1 Å². The lowest BCUT2D eigenvalue weighted by Gasteiger charge is -2.34. The summed E-state index contributed by atoms with van der Waals surface area (Å²) >= 11 is 0. The maximum absolute atomic E-state index is 11.2. The van der Waals surface area contributed by atoms with Crippen LogP contribution in [-0.4, -0.2) is 36.0 Å². The SMILES string of the molecule is CCC[C@@H](c1ccccc1[N+](=O)[O-])N1CCNCC1. The molecule has 1 aliphatic rings. The second-order valence-corrected chi connectivity index (χ2v) is 4.91. The van der Waals surface area contributed by atoms with Gasteiger partial charge in [-0.25, -0.2) is 0 Å². The van der Waals surface area contributed by atoms with E-state index in [0.29, 0.717) is 0 Å². The largest absolute Gasteiger partial charge is 0.314 e. The predicted octanol–water partition coefficient (Wildman–Crippen LogP) is 2.34. The molecule has 1 atom stereocenters. The number of nitrogens with zero attached hydrogens (tertiary/aromatic N) is 2. The molecule has 1 aromatic rings. The zero-order valence-electron chi connectivity index (χ0n) is 11.3. The molecule has 0 aliphatic carbocycles. The third-order valence-electron chi connectivity index (χ3n) is 3.65. The fourth-order valence-electron chi connectivity index (χ4n) is 2.74. The minimum Gasteiger partial charge on any atom is -0.314 e. The highest BCUT2D eigenvalue weighted by Crippen LogP contribution is 2.32. The van der Waals surface area contributed by atoms with Crippen LogP contribution in [0.15, 0.2) is 24.3 Å². The monoisotopic (exact) mass is 263 g/mol. The molecule has 1 aliphatic heterocycles. The molecule has 2 rings (SSSR count). The lowest BCUT2D eigenvalue weighted by molar-refractivity contribution is -0.386. The molecule has 0 amide bonds. The summed E-state index contributed by atoms with van der Waals surface area (Å²) in [5.41, 5.74) is 1.11. The molecule has 0 spiro atoms. The normalized spacial score (nSPS) is 18.2. The highest BCUT2D eigenvalue weighted by atomic mass is 16.6. The van der Waals surface area contributed by atoms with Crippen molar-refractivity contribution in [3.8, 4) is 0 Å². The predicted molar refractivity (Wildman–Crippen MR) is 75.2 cm³/mol. The van der Waals surface area contributed by atoms with E-state index in [1.54, 1.807) is 12.1 Å². The van der Waals surface area contributed by atoms with Crippen LogP contribution in [0.3, 0.4) is 0 Å². The molecule has 104 valence electrons.